The van der Waals surface area contributed by atoms with E-state index in [0.717, 1.165) is 41.7 Å². The van der Waals surface area contributed by atoms with Crippen LogP contribution >= 0.6 is 11.3 Å². The van der Waals surface area contributed by atoms with Gasteiger partial charge in [-0.1, -0.05) is 48.7 Å². The Morgan fingerprint density at radius 2 is 1.90 bits per heavy atom. The third kappa shape index (κ3) is 5.44. The summed E-state index contributed by atoms with van der Waals surface area (Å²) >= 11 is 1.55. The zero-order valence-electron chi connectivity index (χ0n) is 17.8. The van der Waals surface area contributed by atoms with E-state index in [0.29, 0.717) is 5.76 Å². The molecule has 0 saturated heterocycles. The van der Waals surface area contributed by atoms with Crippen molar-refractivity contribution in [2.24, 2.45) is 0 Å². The van der Waals surface area contributed by atoms with E-state index in [1.54, 1.807) is 28.6 Å². The Morgan fingerprint density at radius 3 is 2.55 bits per heavy atom. The fraction of sp³-hybridized carbons (Fsp3) is 0.360. The lowest BCUT2D eigenvalue weighted by atomic mass is 10.0. The van der Waals surface area contributed by atoms with E-state index in [2.05, 4.69) is 5.32 Å². The number of benzene rings is 1. The lowest BCUT2D eigenvalue weighted by molar-refractivity contribution is -0.141. The first-order valence-corrected chi connectivity index (χ1v) is 11.7. The zero-order chi connectivity index (χ0) is 21.6. The number of carbonyl (C=O) groups is 2. The minimum absolute atomic E-state index is 0.0917. The minimum atomic E-state index is -0.709. The Kier molecular flexibility index (Phi) is 6.87. The third-order valence-electron chi connectivity index (χ3n) is 5.79. The van der Waals surface area contributed by atoms with Crippen LogP contribution in [0.25, 0.3) is 0 Å². The van der Waals surface area contributed by atoms with Crippen molar-refractivity contribution in [1.29, 1.82) is 0 Å². The van der Waals surface area contributed by atoms with Crippen LogP contribution in [-0.4, -0.2) is 22.8 Å². The monoisotopic (exact) mass is 436 g/mol. The summed E-state index contributed by atoms with van der Waals surface area (Å²) in [7, 11) is 0. The van der Waals surface area contributed by atoms with E-state index in [9.17, 15) is 9.59 Å². The highest BCUT2D eigenvalue weighted by Crippen LogP contribution is 2.27. The molecule has 3 aromatic rings. The second kappa shape index (κ2) is 9.96. The van der Waals surface area contributed by atoms with Crippen LogP contribution in [0.15, 0.2) is 64.6 Å². The Hall–Kier alpha value is -2.86. The van der Waals surface area contributed by atoms with Crippen LogP contribution < -0.4 is 5.32 Å². The van der Waals surface area contributed by atoms with Crippen molar-refractivity contribution in [1.82, 2.24) is 10.2 Å². The Bertz CT molecular complexity index is 974. The van der Waals surface area contributed by atoms with E-state index in [4.69, 9.17) is 4.42 Å². The largest absolute Gasteiger partial charge is 0.467 e. The van der Waals surface area contributed by atoms with Gasteiger partial charge in [0.05, 0.1) is 19.2 Å². The number of hydrogen-bond acceptors (Lipinski definition) is 4. The molecule has 1 aromatic carbocycles. The molecule has 31 heavy (non-hydrogen) atoms. The lowest BCUT2D eigenvalue weighted by Crippen LogP contribution is -2.46. The summed E-state index contributed by atoms with van der Waals surface area (Å²) in [6.45, 7) is 2.26. The van der Waals surface area contributed by atoms with Crippen molar-refractivity contribution in [3.8, 4) is 0 Å². The van der Waals surface area contributed by atoms with E-state index < -0.39 is 6.04 Å². The van der Waals surface area contributed by atoms with Crippen LogP contribution in [0, 0.1) is 6.92 Å². The SMILES string of the molecule is Cc1ccc([C@H](C(=O)NC2CCCC2)N(Cc2ccco2)C(=O)Cc2cccs2)cc1. The fourth-order valence-electron chi connectivity index (χ4n) is 4.13. The average Bonchev–Trinajstić information content (AvgIpc) is 3.53. The van der Waals surface area contributed by atoms with E-state index in [1.807, 2.05) is 54.8 Å². The number of thiophene rings is 1. The highest BCUT2D eigenvalue weighted by molar-refractivity contribution is 7.10. The molecule has 1 saturated carbocycles. The smallest absolute Gasteiger partial charge is 0.247 e. The summed E-state index contributed by atoms with van der Waals surface area (Å²) in [5.41, 5.74) is 1.92. The van der Waals surface area contributed by atoms with Gasteiger partial charge in [0.25, 0.3) is 0 Å². The Balaban J connectivity index is 1.67. The van der Waals surface area contributed by atoms with Gasteiger partial charge in [0.1, 0.15) is 11.8 Å². The first-order valence-electron chi connectivity index (χ1n) is 10.8. The molecule has 0 unspecified atom stereocenters. The number of aryl methyl sites for hydroxylation is 1. The molecule has 1 aliphatic rings. The molecule has 6 heteroatoms. The quantitative estimate of drug-likeness (QED) is 0.539. The maximum absolute atomic E-state index is 13.5. The van der Waals surface area contributed by atoms with Crippen molar-refractivity contribution in [2.75, 3.05) is 0 Å². The second-order valence-corrected chi connectivity index (χ2v) is 9.19. The van der Waals surface area contributed by atoms with Crippen LogP contribution in [0.1, 0.15) is 53.5 Å². The van der Waals surface area contributed by atoms with Crippen molar-refractivity contribution in [3.05, 3.63) is 81.9 Å². The summed E-state index contributed by atoms with van der Waals surface area (Å²) in [4.78, 5) is 29.6. The highest BCUT2D eigenvalue weighted by Gasteiger charge is 2.33. The molecule has 2 heterocycles. The van der Waals surface area contributed by atoms with Gasteiger partial charge in [0.2, 0.25) is 11.8 Å². The number of hydrogen-bond donors (Lipinski definition) is 1. The van der Waals surface area contributed by atoms with Gasteiger partial charge in [-0.15, -0.1) is 11.3 Å². The van der Waals surface area contributed by atoms with Gasteiger partial charge in [-0.25, -0.2) is 0 Å². The van der Waals surface area contributed by atoms with Gasteiger partial charge in [0.15, 0.2) is 0 Å². The van der Waals surface area contributed by atoms with Crippen molar-refractivity contribution in [2.45, 2.75) is 57.7 Å². The molecule has 1 fully saturated rings. The van der Waals surface area contributed by atoms with Gasteiger partial charge in [-0.2, -0.15) is 0 Å². The summed E-state index contributed by atoms with van der Waals surface area (Å²) in [6.07, 6.45) is 6.11. The topological polar surface area (TPSA) is 62.6 Å². The molecule has 0 spiro atoms. The summed E-state index contributed by atoms with van der Waals surface area (Å²) < 4.78 is 5.54. The first kappa shape index (κ1) is 21.4. The fourth-order valence-corrected chi connectivity index (χ4v) is 4.83. The Labute approximate surface area is 187 Å². The number of amides is 2. The first-order chi connectivity index (χ1) is 15.1. The minimum Gasteiger partial charge on any atom is -0.467 e. The van der Waals surface area contributed by atoms with Crippen molar-refractivity contribution < 1.29 is 14.0 Å². The molecule has 0 radical (unpaired) electrons. The number of furan rings is 1. The van der Waals surface area contributed by atoms with Crippen LogP contribution in [-0.2, 0) is 22.6 Å². The van der Waals surface area contributed by atoms with E-state index >= 15 is 0 Å². The molecule has 2 aromatic heterocycles. The second-order valence-electron chi connectivity index (χ2n) is 8.16. The summed E-state index contributed by atoms with van der Waals surface area (Å²) in [5, 5.41) is 5.17. The molecule has 0 aliphatic heterocycles. The van der Waals surface area contributed by atoms with Gasteiger partial charge >= 0.3 is 0 Å². The van der Waals surface area contributed by atoms with Crippen LogP contribution in [0.4, 0.5) is 0 Å². The van der Waals surface area contributed by atoms with Crippen LogP contribution in [0.2, 0.25) is 0 Å². The maximum Gasteiger partial charge on any atom is 0.247 e. The number of rotatable bonds is 8. The number of nitrogens with one attached hydrogen (secondary N) is 1. The molecule has 0 bridgehead atoms. The molecule has 1 aliphatic carbocycles. The van der Waals surface area contributed by atoms with Crippen LogP contribution in [0.3, 0.4) is 0 Å². The van der Waals surface area contributed by atoms with E-state index in [-0.39, 0.29) is 30.8 Å². The van der Waals surface area contributed by atoms with E-state index in [1.165, 1.54) is 0 Å². The zero-order valence-corrected chi connectivity index (χ0v) is 18.6. The van der Waals surface area contributed by atoms with Crippen LogP contribution in [0.5, 0.6) is 0 Å². The van der Waals surface area contributed by atoms with Crippen molar-refractivity contribution >= 4 is 23.2 Å². The highest BCUT2D eigenvalue weighted by atomic mass is 32.1. The normalized spacial score (nSPS) is 15.0. The maximum atomic E-state index is 13.5. The number of nitrogens with zero attached hydrogens (tertiary/aromatic N) is 1. The van der Waals surface area contributed by atoms with Gasteiger partial charge in [-0.05, 0) is 48.9 Å². The standard InChI is InChI=1S/C25H28N2O3S/c1-18-10-12-19(13-11-18)24(25(29)26-20-6-2-3-7-20)27(17-21-8-4-14-30-21)23(28)16-22-9-5-15-31-22/h4-5,8-15,20,24H,2-3,6-7,16-17H2,1H3,(H,26,29)/t24-/m1/s1. The molecular weight excluding hydrogens is 408 g/mol. The van der Waals surface area contributed by atoms with Gasteiger partial charge in [-0.3, -0.25) is 9.59 Å². The molecule has 162 valence electrons. The van der Waals surface area contributed by atoms with Gasteiger partial charge in [0, 0.05) is 10.9 Å². The predicted octanol–water partition coefficient (Wildman–Crippen LogP) is 5.02. The molecule has 2 amide bonds. The average molecular weight is 437 g/mol. The molecule has 5 nitrogen and oxygen atoms in total. The van der Waals surface area contributed by atoms with Crippen molar-refractivity contribution in [3.63, 3.8) is 0 Å². The molecule has 1 atom stereocenters. The molecular formula is C25H28N2O3S. The number of carbonyl (C=O) groups excluding carboxylic acids is 2. The third-order valence-corrected chi connectivity index (χ3v) is 6.66. The lowest BCUT2D eigenvalue weighted by Gasteiger charge is -2.32. The summed E-state index contributed by atoms with van der Waals surface area (Å²) in [6, 6.07) is 14.9. The molecule has 4 rings (SSSR count). The summed E-state index contributed by atoms with van der Waals surface area (Å²) in [5.74, 6) is 0.443. The van der Waals surface area contributed by atoms with Gasteiger partial charge < -0.3 is 14.6 Å². The molecule has 1 N–H and O–H groups in total. The Morgan fingerprint density at radius 1 is 1.13 bits per heavy atom. The predicted molar refractivity (Wildman–Crippen MR) is 122 cm³/mol.